The lowest BCUT2D eigenvalue weighted by Crippen LogP contribution is -2.29. The van der Waals surface area contributed by atoms with Crippen molar-refractivity contribution >= 4 is 23.6 Å². The molecule has 2 rings (SSSR count). The maximum absolute atomic E-state index is 11.2. The van der Waals surface area contributed by atoms with Gasteiger partial charge in [-0.2, -0.15) is 0 Å². The highest BCUT2D eigenvalue weighted by Crippen LogP contribution is 2.05. The Labute approximate surface area is 79.8 Å². The molecule has 6 heteroatoms. The molecule has 0 bridgehead atoms. The lowest BCUT2D eigenvalue weighted by Gasteiger charge is -1.99. The second-order valence-corrected chi connectivity index (χ2v) is 3.14. The normalized spacial score (nSPS) is 10.8. The molecule has 2 aromatic rings. The number of aromatic nitrogens is 2. The Bertz CT molecular complexity index is 529. The van der Waals surface area contributed by atoms with Gasteiger partial charge in [0.05, 0.1) is 11.0 Å². The molecule has 0 saturated carbocycles. The van der Waals surface area contributed by atoms with E-state index in [1.54, 1.807) is 25.2 Å². The molecule has 0 fully saturated rings. The van der Waals surface area contributed by atoms with Crippen molar-refractivity contribution in [2.24, 2.45) is 7.05 Å². The fraction of sp³-hybridized carbons (Fsp3) is 0.125. The lowest BCUT2D eigenvalue weighted by atomic mass is 9.80. The largest absolute Gasteiger partial charge is 0.488 e. The molecule has 0 saturated heterocycles. The molecule has 1 heterocycles. The number of imidazole rings is 1. The van der Waals surface area contributed by atoms with Crippen LogP contribution in [0.25, 0.3) is 11.0 Å². The molecule has 0 radical (unpaired) electrons. The summed E-state index contributed by atoms with van der Waals surface area (Å²) < 4.78 is 1.42. The SMILES string of the molecule is Cn1c(=O)[nH]c2ccc(B(O)O)cc21. The zero-order valence-corrected chi connectivity index (χ0v) is 7.56. The van der Waals surface area contributed by atoms with Crippen molar-refractivity contribution in [1.29, 1.82) is 0 Å². The highest BCUT2D eigenvalue weighted by atomic mass is 16.4. The summed E-state index contributed by atoms with van der Waals surface area (Å²) in [5, 5.41) is 17.9. The van der Waals surface area contributed by atoms with Crippen molar-refractivity contribution in [1.82, 2.24) is 9.55 Å². The molecule has 0 spiro atoms. The Hall–Kier alpha value is -1.53. The standard InChI is InChI=1S/C8H9BN2O3/c1-11-7-4-5(9(13)14)2-3-6(7)10-8(11)12/h2-4,13-14H,1H3,(H,10,12). The Morgan fingerprint density at radius 2 is 2.14 bits per heavy atom. The van der Waals surface area contributed by atoms with E-state index in [-0.39, 0.29) is 5.69 Å². The number of hydrogen-bond donors (Lipinski definition) is 3. The summed E-state index contributed by atoms with van der Waals surface area (Å²) in [5.74, 6) is 0. The van der Waals surface area contributed by atoms with Gasteiger partial charge in [0.1, 0.15) is 0 Å². The average molecular weight is 192 g/mol. The second kappa shape index (κ2) is 3.00. The maximum Gasteiger partial charge on any atom is 0.488 e. The van der Waals surface area contributed by atoms with E-state index < -0.39 is 7.12 Å². The number of fused-ring (bicyclic) bond motifs is 1. The van der Waals surface area contributed by atoms with Gasteiger partial charge >= 0.3 is 12.8 Å². The number of nitrogens with one attached hydrogen (secondary N) is 1. The van der Waals surface area contributed by atoms with E-state index in [1.807, 2.05) is 0 Å². The fourth-order valence-corrected chi connectivity index (χ4v) is 1.40. The van der Waals surface area contributed by atoms with Crippen LogP contribution >= 0.6 is 0 Å². The molecule has 72 valence electrons. The summed E-state index contributed by atoms with van der Waals surface area (Å²) >= 11 is 0. The number of H-pyrrole nitrogens is 1. The highest BCUT2D eigenvalue weighted by Gasteiger charge is 2.12. The summed E-state index contributed by atoms with van der Waals surface area (Å²) in [7, 11) is 0.110. The van der Waals surface area contributed by atoms with Crippen molar-refractivity contribution in [3.8, 4) is 0 Å². The van der Waals surface area contributed by atoms with E-state index >= 15 is 0 Å². The first kappa shape index (κ1) is 9.05. The number of benzene rings is 1. The molecule has 1 aromatic carbocycles. The van der Waals surface area contributed by atoms with Crippen LogP contribution in [-0.2, 0) is 7.05 Å². The van der Waals surface area contributed by atoms with Crippen LogP contribution in [0.15, 0.2) is 23.0 Å². The molecule has 14 heavy (non-hydrogen) atoms. The van der Waals surface area contributed by atoms with Crippen molar-refractivity contribution in [2.45, 2.75) is 0 Å². The summed E-state index contributed by atoms with van der Waals surface area (Å²) in [6, 6.07) is 4.77. The number of nitrogens with zero attached hydrogens (tertiary/aromatic N) is 1. The summed E-state index contributed by atoms with van der Waals surface area (Å²) in [5.41, 5.74) is 1.49. The first-order valence-electron chi connectivity index (χ1n) is 4.14. The molecule has 0 amide bonds. The predicted molar refractivity (Wildman–Crippen MR) is 53.4 cm³/mol. The molecule has 5 nitrogen and oxygen atoms in total. The third-order valence-corrected chi connectivity index (χ3v) is 2.23. The minimum Gasteiger partial charge on any atom is -0.423 e. The molecule has 0 aliphatic carbocycles. The van der Waals surface area contributed by atoms with E-state index in [0.717, 1.165) is 0 Å². The third kappa shape index (κ3) is 1.25. The summed E-state index contributed by atoms with van der Waals surface area (Å²) in [4.78, 5) is 13.8. The van der Waals surface area contributed by atoms with E-state index in [4.69, 9.17) is 10.0 Å². The molecule has 0 aliphatic heterocycles. The fourth-order valence-electron chi connectivity index (χ4n) is 1.40. The van der Waals surface area contributed by atoms with Crippen LogP contribution < -0.4 is 11.2 Å². The van der Waals surface area contributed by atoms with Crippen LogP contribution in [0, 0.1) is 0 Å². The quantitative estimate of drug-likeness (QED) is 0.483. The minimum atomic E-state index is -1.51. The first-order chi connectivity index (χ1) is 6.59. The maximum atomic E-state index is 11.2. The van der Waals surface area contributed by atoms with Crippen LogP contribution in [0.3, 0.4) is 0 Å². The zero-order chi connectivity index (χ0) is 10.3. The molecule has 0 atom stereocenters. The Balaban J connectivity index is 2.76. The van der Waals surface area contributed by atoms with Gasteiger partial charge in [-0.3, -0.25) is 4.57 Å². The van der Waals surface area contributed by atoms with E-state index in [9.17, 15) is 4.79 Å². The molecule has 1 aromatic heterocycles. The number of hydrogen-bond acceptors (Lipinski definition) is 3. The van der Waals surface area contributed by atoms with Gasteiger partial charge < -0.3 is 15.0 Å². The van der Waals surface area contributed by atoms with Gasteiger partial charge in [0.15, 0.2) is 0 Å². The first-order valence-corrected chi connectivity index (χ1v) is 4.14. The molecule has 0 unspecified atom stereocenters. The highest BCUT2D eigenvalue weighted by molar-refractivity contribution is 6.58. The van der Waals surface area contributed by atoms with Gasteiger partial charge in [-0.05, 0) is 17.6 Å². The number of aromatic amines is 1. The van der Waals surface area contributed by atoms with Crippen LogP contribution in [0.4, 0.5) is 0 Å². The molecular formula is C8H9BN2O3. The average Bonchev–Trinajstić information content (AvgIpc) is 2.43. The van der Waals surface area contributed by atoms with Crippen molar-refractivity contribution < 1.29 is 10.0 Å². The predicted octanol–water partition coefficient (Wildman–Crippen LogP) is -1.45. The van der Waals surface area contributed by atoms with Crippen LogP contribution in [-0.4, -0.2) is 26.7 Å². The van der Waals surface area contributed by atoms with Gasteiger partial charge in [-0.15, -0.1) is 0 Å². The van der Waals surface area contributed by atoms with Crippen molar-refractivity contribution in [3.05, 3.63) is 28.7 Å². The number of rotatable bonds is 1. The second-order valence-electron chi connectivity index (χ2n) is 3.14. The third-order valence-electron chi connectivity index (χ3n) is 2.23. The van der Waals surface area contributed by atoms with E-state index in [0.29, 0.717) is 16.5 Å². The molecule has 3 N–H and O–H groups in total. The van der Waals surface area contributed by atoms with E-state index in [1.165, 1.54) is 4.57 Å². The Morgan fingerprint density at radius 3 is 2.79 bits per heavy atom. The molecular weight excluding hydrogens is 183 g/mol. The van der Waals surface area contributed by atoms with Crippen LogP contribution in [0.5, 0.6) is 0 Å². The van der Waals surface area contributed by atoms with Crippen molar-refractivity contribution in [3.63, 3.8) is 0 Å². The van der Waals surface area contributed by atoms with Crippen molar-refractivity contribution in [2.75, 3.05) is 0 Å². The summed E-state index contributed by atoms with van der Waals surface area (Å²) in [6.45, 7) is 0. The van der Waals surface area contributed by atoms with Gasteiger partial charge in [0.2, 0.25) is 0 Å². The van der Waals surface area contributed by atoms with Gasteiger partial charge in [0.25, 0.3) is 0 Å². The number of aryl methyl sites for hydroxylation is 1. The van der Waals surface area contributed by atoms with Gasteiger partial charge in [0, 0.05) is 7.05 Å². The monoisotopic (exact) mass is 192 g/mol. The lowest BCUT2D eigenvalue weighted by molar-refractivity contribution is 0.426. The van der Waals surface area contributed by atoms with Gasteiger partial charge in [-0.1, -0.05) is 6.07 Å². The molecule has 0 aliphatic rings. The zero-order valence-electron chi connectivity index (χ0n) is 7.56. The Kier molecular flexibility index (Phi) is 1.94. The summed E-state index contributed by atoms with van der Waals surface area (Å²) in [6.07, 6.45) is 0. The van der Waals surface area contributed by atoms with Crippen LogP contribution in [0.1, 0.15) is 0 Å². The van der Waals surface area contributed by atoms with Gasteiger partial charge in [-0.25, -0.2) is 4.79 Å². The van der Waals surface area contributed by atoms with E-state index in [2.05, 4.69) is 4.98 Å². The topological polar surface area (TPSA) is 78.2 Å². The smallest absolute Gasteiger partial charge is 0.423 e. The Morgan fingerprint density at radius 1 is 1.43 bits per heavy atom. The van der Waals surface area contributed by atoms with Crippen LogP contribution in [0.2, 0.25) is 0 Å². The minimum absolute atomic E-state index is 0.218.